The number of rotatable bonds is 5. The highest BCUT2D eigenvalue weighted by molar-refractivity contribution is 5.94. The number of amides is 1. The van der Waals surface area contributed by atoms with Crippen molar-refractivity contribution in [1.82, 2.24) is 29.5 Å². The summed E-state index contributed by atoms with van der Waals surface area (Å²) in [5, 5.41) is 7.68. The first-order chi connectivity index (χ1) is 14.0. The Balaban J connectivity index is 1.62. The Kier molecular flexibility index (Phi) is 5.54. The minimum absolute atomic E-state index is 0.0469. The van der Waals surface area contributed by atoms with Crippen molar-refractivity contribution in [2.24, 2.45) is 0 Å². The molecule has 2 aliphatic rings. The molecule has 1 N–H and O–H groups in total. The minimum Gasteiger partial charge on any atom is -0.357 e. The molecule has 0 radical (unpaired) electrons. The molecule has 4 heterocycles. The van der Waals surface area contributed by atoms with Crippen LogP contribution in [0.1, 0.15) is 58.5 Å². The van der Waals surface area contributed by atoms with E-state index in [2.05, 4.69) is 50.7 Å². The predicted octanol–water partition coefficient (Wildman–Crippen LogP) is 2.15. The summed E-state index contributed by atoms with van der Waals surface area (Å²) in [5.74, 6) is 0.585. The summed E-state index contributed by atoms with van der Waals surface area (Å²) in [7, 11) is 1.80. The summed E-state index contributed by atoms with van der Waals surface area (Å²) < 4.78 is 2.06. The summed E-state index contributed by atoms with van der Waals surface area (Å²) in [5.41, 5.74) is 6.17. The van der Waals surface area contributed by atoms with Crippen LogP contribution in [0.2, 0.25) is 0 Å². The maximum atomic E-state index is 13.2. The number of aryl methyl sites for hydroxylation is 2. The second-order valence-electron chi connectivity index (χ2n) is 8.00. The molecule has 2 aromatic heterocycles. The first-order valence-corrected chi connectivity index (χ1v) is 10.6. The van der Waals surface area contributed by atoms with Gasteiger partial charge >= 0.3 is 0 Å². The summed E-state index contributed by atoms with van der Waals surface area (Å²) in [4.78, 5) is 26.7. The first kappa shape index (κ1) is 19.8. The van der Waals surface area contributed by atoms with E-state index in [1.807, 2.05) is 4.90 Å². The molecule has 0 aromatic carbocycles. The minimum atomic E-state index is 0.0469. The van der Waals surface area contributed by atoms with Gasteiger partial charge in [-0.3, -0.25) is 14.4 Å². The van der Waals surface area contributed by atoms with Crippen molar-refractivity contribution < 1.29 is 4.79 Å². The second kappa shape index (κ2) is 8.10. The molecule has 156 valence electrons. The van der Waals surface area contributed by atoms with Crippen LogP contribution in [0.25, 0.3) is 0 Å². The van der Waals surface area contributed by atoms with Crippen LogP contribution in [0.4, 0.5) is 5.95 Å². The molecule has 0 atom stereocenters. The molecular formula is C21H31N7O. The van der Waals surface area contributed by atoms with Crippen LogP contribution in [0.5, 0.6) is 0 Å². The van der Waals surface area contributed by atoms with E-state index in [1.165, 1.54) is 11.3 Å². The third kappa shape index (κ3) is 3.73. The fourth-order valence-corrected chi connectivity index (χ4v) is 4.46. The number of carbonyl (C=O) groups is 1. The molecule has 0 saturated carbocycles. The molecule has 4 rings (SSSR count). The molecule has 2 aromatic rings. The topological polar surface area (TPSA) is 79.2 Å². The third-order valence-corrected chi connectivity index (χ3v) is 6.17. The van der Waals surface area contributed by atoms with Crippen LogP contribution < -0.4 is 5.32 Å². The molecule has 1 amide bonds. The molecule has 0 unspecified atom stereocenters. The quantitative estimate of drug-likeness (QED) is 0.833. The molecule has 0 bridgehead atoms. The molecule has 1 fully saturated rings. The van der Waals surface area contributed by atoms with Crippen molar-refractivity contribution in [2.75, 3.05) is 32.0 Å². The number of hydrogen-bond donors (Lipinski definition) is 1. The fraction of sp³-hybridized carbons (Fsp3) is 0.619. The summed E-state index contributed by atoms with van der Waals surface area (Å²) in [6, 6.07) is 0. The largest absolute Gasteiger partial charge is 0.357 e. The molecular weight excluding hydrogens is 366 g/mol. The summed E-state index contributed by atoms with van der Waals surface area (Å²) in [6.45, 7) is 11.3. The van der Waals surface area contributed by atoms with Crippen LogP contribution in [-0.4, -0.2) is 62.1 Å². The zero-order valence-electron chi connectivity index (χ0n) is 18.0. The highest BCUT2D eigenvalue weighted by Gasteiger charge is 2.30. The van der Waals surface area contributed by atoms with Crippen LogP contribution in [-0.2, 0) is 26.1 Å². The summed E-state index contributed by atoms with van der Waals surface area (Å²) >= 11 is 0. The standard InChI is InChI=1S/C21H31N7O/c1-5-28-15(3)16(14(2)25-28)12-26-11-8-18-17(13-26)19(24-21(22-4)23-18)20(29)27-9-6-7-10-27/h5-13H2,1-4H3,(H,22,23,24). The first-order valence-electron chi connectivity index (χ1n) is 10.6. The lowest BCUT2D eigenvalue weighted by atomic mass is 10.0. The highest BCUT2D eigenvalue weighted by atomic mass is 16.2. The van der Waals surface area contributed by atoms with Crippen LogP contribution >= 0.6 is 0 Å². The number of anilines is 1. The second-order valence-corrected chi connectivity index (χ2v) is 8.00. The number of carbonyl (C=O) groups excluding carboxylic acids is 1. The fourth-order valence-electron chi connectivity index (χ4n) is 4.46. The molecule has 8 nitrogen and oxygen atoms in total. The third-order valence-electron chi connectivity index (χ3n) is 6.17. The zero-order valence-corrected chi connectivity index (χ0v) is 18.0. The van der Waals surface area contributed by atoms with E-state index in [0.29, 0.717) is 18.2 Å². The van der Waals surface area contributed by atoms with Gasteiger partial charge in [-0.1, -0.05) is 0 Å². The van der Waals surface area contributed by atoms with Crippen molar-refractivity contribution in [2.45, 2.75) is 59.7 Å². The van der Waals surface area contributed by atoms with Gasteiger partial charge in [0.25, 0.3) is 5.91 Å². The lowest BCUT2D eigenvalue weighted by molar-refractivity contribution is 0.0783. The Morgan fingerprint density at radius 2 is 1.90 bits per heavy atom. The van der Waals surface area contributed by atoms with Gasteiger partial charge in [-0.25, -0.2) is 9.97 Å². The molecule has 8 heteroatoms. The molecule has 29 heavy (non-hydrogen) atoms. The van der Waals surface area contributed by atoms with Gasteiger partial charge in [-0.2, -0.15) is 5.10 Å². The van der Waals surface area contributed by atoms with Crippen molar-refractivity contribution in [3.05, 3.63) is 33.9 Å². The average Bonchev–Trinajstić information content (AvgIpc) is 3.36. The molecule has 0 spiro atoms. The van der Waals surface area contributed by atoms with Gasteiger partial charge < -0.3 is 10.2 Å². The number of nitrogens with zero attached hydrogens (tertiary/aromatic N) is 6. The maximum absolute atomic E-state index is 13.2. The van der Waals surface area contributed by atoms with Crippen molar-refractivity contribution in [3.8, 4) is 0 Å². The lowest BCUT2D eigenvalue weighted by Crippen LogP contribution is -2.36. The summed E-state index contributed by atoms with van der Waals surface area (Å²) in [6.07, 6.45) is 2.97. The van der Waals surface area contributed by atoms with E-state index in [4.69, 9.17) is 0 Å². The van der Waals surface area contributed by atoms with Crippen molar-refractivity contribution in [1.29, 1.82) is 0 Å². The van der Waals surface area contributed by atoms with E-state index in [0.717, 1.165) is 68.9 Å². The normalized spacial score (nSPS) is 16.9. The molecule has 0 aliphatic carbocycles. The Labute approximate surface area is 172 Å². The van der Waals surface area contributed by atoms with E-state index in [-0.39, 0.29) is 5.91 Å². The number of hydrogen-bond acceptors (Lipinski definition) is 6. The smallest absolute Gasteiger partial charge is 0.273 e. The van der Waals surface area contributed by atoms with E-state index >= 15 is 0 Å². The molecule has 1 saturated heterocycles. The Morgan fingerprint density at radius 3 is 2.55 bits per heavy atom. The van der Waals surface area contributed by atoms with Gasteiger partial charge in [0, 0.05) is 69.6 Å². The number of likely N-dealkylation sites (tertiary alicyclic amines) is 1. The van der Waals surface area contributed by atoms with Crippen molar-refractivity contribution >= 4 is 11.9 Å². The highest BCUT2D eigenvalue weighted by Crippen LogP contribution is 2.26. The molecule has 2 aliphatic heterocycles. The van der Waals surface area contributed by atoms with Crippen LogP contribution in [0.15, 0.2) is 0 Å². The van der Waals surface area contributed by atoms with Gasteiger partial charge in [0.2, 0.25) is 5.95 Å². The number of fused-ring (bicyclic) bond motifs is 1. The van der Waals surface area contributed by atoms with Gasteiger partial charge in [0.1, 0.15) is 5.69 Å². The van der Waals surface area contributed by atoms with Gasteiger partial charge in [-0.15, -0.1) is 0 Å². The Bertz CT molecular complexity index is 914. The average molecular weight is 398 g/mol. The predicted molar refractivity (Wildman–Crippen MR) is 112 cm³/mol. The van der Waals surface area contributed by atoms with Crippen LogP contribution in [0, 0.1) is 13.8 Å². The van der Waals surface area contributed by atoms with Gasteiger partial charge in [-0.05, 0) is 33.6 Å². The van der Waals surface area contributed by atoms with E-state index < -0.39 is 0 Å². The number of aromatic nitrogens is 4. The Hall–Kier alpha value is -2.48. The van der Waals surface area contributed by atoms with E-state index in [1.54, 1.807) is 7.05 Å². The zero-order chi connectivity index (χ0) is 20.5. The monoisotopic (exact) mass is 397 g/mol. The van der Waals surface area contributed by atoms with E-state index in [9.17, 15) is 4.79 Å². The maximum Gasteiger partial charge on any atom is 0.273 e. The Morgan fingerprint density at radius 1 is 1.14 bits per heavy atom. The lowest BCUT2D eigenvalue weighted by Gasteiger charge is -2.30. The van der Waals surface area contributed by atoms with Gasteiger partial charge in [0.05, 0.1) is 11.4 Å². The van der Waals surface area contributed by atoms with Crippen molar-refractivity contribution in [3.63, 3.8) is 0 Å². The van der Waals surface area contributed by atoms with Gasteiger partial charge in [0.15, 0.2) is 0 Å². The SMILES string of the molecule is CCn1nc(C)c(CN2CCc3nc(NC)nc(C(=O)N4CCCC4)c3C2)c1C. The number of nitrogens with one attached hydrogen (secondary N) is 1. The van der Waals surface area contributed by atoms with Crippen LogP contribution in [0.3, 0.4) is 0 Å².